The molecule has 0 bridgehead atoms. The molecule has 0 aromatic heterocycles. The van der Waals surface area contributed by atoms with Crippen molar-refractivity contribution in [1.82, 2.24) is 0 Å². The van der Waals surface area contributed by atoms with Gasteiger partial charge in [-0.25, -0.2) is 0 Å². The molecule has 22 heavy (non-hydrogen) atoms. The van der Waals surface area contributed by atoms with Crippen molar-refractivity contribution in [3.05, 3.63) is 85.0 Å². The predicted molar refractivity (Wildman–Crippen MR) is 95.5 cm³/mol. The van der Waals surface area contributed by atoms with E-state index in [0.29, 0.717) is 6.85 Å². The summed E-state index contributed by atoms with van der Waals surface area (Å²) in [5.41, 5.74) is 5.38. The van der Waals surface area contributed by atoms with Gasteiger partial charge in [0.05, 0.1) is 0 Å². The largest absolute Gasteiger partial charge is 0.383 e. The third-order valence-electron chi connectivity index (χ3n) is 4.68. The number of allylic oxidation sites excluding steroid dienone is 2. The van der Waals surface area contributed by atoms with Gasteiger partial charge in [0, 0.05) is 11.3 Å². The molecule has 102 valence electrons. The lowest BCUT2D eigenvalue weighted by molar-refractivity contribution is 1.36. The lowest BCUT2D eigenvalue weighted by Crippen LogP contribution is -2.49. The molecule has 0 unspecified atom stereocenters. The van der Waals surface area contributed by atoms with Crippen LogP contribution in [0.4, 0.5) is 5.69 Å². The van der Waals surface area contributed by atoms with Gasteiger partial charge < -0.3 is 4.81 Å². The fourth-order valence-corrected chi connectivity index (χ4v) is 3.73. The van der Waals surface area contributed by atoms with Crippen molar-refractivity contribution in [2.24, 2.45) is 0 Å². The Kier molecular flexibility index (Phi) is 2.36. The van der Waals surface area contributed by atoms with Crippen LogP contribution in [0.1, 0.15) is 0 Å². The van der Waals surface area contributed by atoms with Gasteiger partial charge in [-0.15, -0.1) is 0 Å². The Bertz CT molecular complexity index is 955. The average Bonchev–Trinajstić information content (AvgIpc) is 2.61. The van der Waals surface area contributed by atoms with Crippen molar-refractivity contribution in [1.29, 1.82) is 0 Å². The van der Waals surface area contributed by atoms with Gasteiger partial charge in [0.15, 0.2) is 0 Å². The van der Waals surface area contributed by atoms with Crippen molar-refractivity contribution in [3.63, 3.8) is 0 Å². The zero-order chi connectivity index (χ0) is 14.5. The molecular formula is C20H14BN. The van der Waals surface area contributed by atoms with E-state index in [0.717, 1.165) is 0 Å². The molecule has 0 spiro atoms. The van der Waals surface area contributed by atoms with Crippen LogP contribution in [-0.2, 0) is 0 Å². The van der Waals surface area contributed by atoms with Crippen molar-refractivity contribution >= 4 is 28.8 Å². The lowest BCUT2D eigenvalue weighted by Gasteiger charge is -2.36. The Labute approximate surface area is 130 Å². The number of anilines is 1. The molecule has 3 aromatic carbocycles. The molecule has 0 saturated heterocycles. The number of hydrogen-bond acceptors (Lipinski definition) is 1. The molecule has 0 aliphatic carbocycles. The summed E-state index contributed by atoms with van der Waals surface area (Å²) in [5.74, 6) is 2.28. The Morgan fingerprint density at radius 2 is 1.64 bits per heavy atom. The van der Waals surface area contributed by atoms with Gasteiger partial charge in [-0.1, -0.05) is 66.6 Å². The number of nitrogens with zero attached hydrogens (tertiary/aromatic N) is 1. The van der Waals surface area contributed by atoms with Crippen LogP contribution in [0.5, 0.6) is 0 Å². The average molecular weight is 279 g/mol. The van der Waals surface area contributed by atoms with Gasteiger partial charge in [-0.2, -0.15) is 0 Å². The molecule has 0 N–H and O–H groups in total. The molecule has 2 aliphatic rings. The third kappa shape index (κ3) is 1.50. The van der Waals surface area contributed by atoms with Crippen molar-refractivity contribution in [2.45, 2.75) is 0 Å². The Morgan fingerprint density at radius 3 is 2.64 bits per heavy atom. The first-order valence-electron chi connectivity index (χ1n) is 7.68. The van der Waals surface area contributed by atoms with Crippen LogP contribution in [0, 0.1) is 0 Å². The van der Waals surface area contributed by atoms with E-state index in [1.165, 1.54) is 33.0 Å². The monoisotopic (exact) mass is 279 g/mol. The summed E-state index contributed by atoms with van der Waals surface area (Å²) in [6.07, 6.45) is 6.44. The summed E-state index contributed by atoms with van der Waals surface area (Å²) < 4.78 is 0. The van der Waals surface area contributed by atoms with Crippen molar-refractivity contribution in [2.75, 3.05) is 4.81 Å². The summed E-state index contributed by atoms with van der Waals surface area (Å²) in [4.78, 5) is 2.37. The van der Waals surface area contributed by atoms with Crippen LogP contribution in [-0.4, -0.2) is 6.85 Å². The van der Waals surface area contributed by atoms with Crippen LogP contribution in [0.25, 0.3) is 21.9 Å². The molecule has 0 fully saturated rings. The van der Waals surface area contributed by atoms with E-state index in [1.54, 1.807) is 0 Å². The summed E-state index contributed by atoms with van der Waals surface area (Å²) in [6.45, 7) is 0.291. The van der Waals surface area contributed by atoms with Crippen molar-refractivity contribution in [3.8, 4) is 11.1 Å². The van der Waals surface area contributed by atoms with Crippen molar-refractivity contribution < 1.29 is 0 Å². The highest BCUT2D eigenvalue weighted by molar-refractivity contribution is 6.84. The van der Waals surface area contributed by atoms with Crippen LogP contribution in [0.15, 0.2) is 85.0 Å². The summed E-state index contributed by atoms with van der Waals surface area (Å²) in [7, 11) is 0. The van der Waals surface area contributed by atoms with Gasteiger partial charge in [0.1, 0.15) is 0 Å². The second-order valence-electron chi connectivity index (χ2n) is 5.85. The number of hydrogen-bond donors (Lipinski definition) is 0. The molecule has 2 heteroatoms. The molecule has 5 rings (SSSR count). The summed E-state index contributed by atoms with van der Waals surface area (Å²) >= 11 is 0. The highest BCUT2D eigenvalue weighted by Gasteiger charge is 2.33. The lowest BCUT2D eigenvalue weighted by atomic mass is 9.49. The molecule has 3 aromatic rings. The Morgan fingerprint density at radius 1 is 0.773 bits per heavy atom. The number of benzene rings is 3. The first-order valence-corrected chi connectivity index (χ1v) is 7.68. The standard InChI is InChI=1S/C20H14BN/c1-2-8-16-15(7-1)11-12-18-20(16)17-9-3-4-10-19(17)22-14-6-5-13-21(18)22/h1-14H. The van der Waals surface area contributed by atoms with Crippen LogP contribution in [0.3, 0.4) is 0 Å². The highest BCUT2D eigenvalue weighted by Crippen LogP contribution is 2.39. The van der Waals surface area contributed by atoms with E-state index in [9.17, 15) is 0 Å². The zero-order valence-electron chi connectivity index (χ0n) is 12.1. The van der Waals surface area contributed by atoms with Gasteiger partial charge in [0.2, 0.25) is 0 Å². The number of fused-ring (bicyclic) bond motifs is 8. The molecule has 2 heterocycles. The molecule has 0 radical (unpaired) electrons. The maximum absolute atomic E-state index is 2.37. The number of rotatable bonds is 0. The summed E-state index contributed by atoms with van der Waals surface area (Å²) in [5, 5.41) is 2.65. The second kappa shape index (κ2) is 4.38. The molecule has 0 saturated carbocycles. The molecular weight excluding hydrogens is 265 g/mol. The quantitative estimate of drug-likeness (QED) is 0.559. The van der Waals surface area contributed by atoms with Crippen LogP contribution in [0.2, 0.25) is 0 Å². The minimum Gasteiger partial charge on any atom is -0.383 e. The van der Waals surface area contributed by atoms with E-state index >= 15 is 0 Å². The molecule has 0 amide bonds. The van der Waals surface area contributed by atoms with Crippen LogP contribution >= 0.6 is 0 Å². The first kappa shape index (κ1) is 11.9. The van der Waals surface area contributed by atoms with Gasteiger partial charge in [-0.3, -0.25) is 0 Å². The minimum absolute atomic E-state index is 0.291. The fourth-order valence-electron chi connectivity index (χ4n) is 3.73. The van der Waals surface area contributed by atoms with Gasteiger partial charge >= 0.3 is 6.85 Å². The maximum atomic E-state index is 2.37. The predicted octanol–water partition coefficient (Wildman–Crippen LogP) is 4.15. The van der Waals surface area contributed by atoms with Gasteiger partial charge in [-0.05, 0) is 40.1 Å². The van der Waals surface area contributed by atoms with Crippen LogP contribution < -0.4 is 10.3 Å². The zero-order valence-corrected chi connectivity index (χ0v) is 12.1. The van der Waals surface area contributed by atoms with E-state index in [1.807, 2.05) is 0 Å². The maximum Gasteiger partial charge on any atom is 0.320 e. The molecule has 0 atom stereocenters. The second-order valence-corrected chi connectivity index (χ2v) is 5.85. The SMILES string of the molecule is C1=CB2c3ccc4ccccc4c3-c3ccccc3N2C=C1. The summed E-state index contributed by atoms with van der Waals surface area (Å²) in [6, 6.07) is 21.9. The van der Waals surface area contributed by atoms with E-state index in [2.05, 4.69) is 89.8 Å². The highest BCUT2D eigenvalue weighted by atomic mass is 15.1. The fraction of sp³-hybridized carbons (Fsp3) is 0. The third-order valence-corrected chi connectivity index (χ3v) is 4.68. The van der Waals surface area contributed by atoms with E-state index in [-0.39, 0.29) is 0 Å². The Hall–Kier alpha value is -2.74. The first-order chi connectivity index (χ1) is 10.9. The van der Waals surface area contributed by atoms with E-state index < -0.39 is 0 Å². The van der Waals surface area contributed by atoms with E-state index in [4.69, 9.17) is 0 Å². The topological polar surface area (TPSA) is 3.24 Å². The smallest absolute Gasteiger partial charge is 0.320 e. The normalized spacial score (nSPS) is 14.7. The molecule has 2 aliphatic heterocycles. The minimum atomic E-state index is 0.291. The number of para-hydroxylation sites is 1. The van der Waals surface area contributed by atoms with Gasteiger partial charge in [0.25, 0.3) is 0 Å². The molecule has 1 nitrogen and oxygen atoms in total. The Balaban J connectivity index is 1.94.